The lowest BCUT2D eigenvalue weighted by atomic mass is 10.1. The normalized spacial score (nSPS) is 15.8. The molecule has 4 heteroatoms. The van der Waals surface area contributed by atoms with Gasteiger partial charge in [0.05, 0.1) is 0 Å². The summed E-state index contributed by atoms with van der Waals surface area (Å²) < 4.78 is 6.08. The number of para-hydroxylation sites is 1. The molecule has 1 aliphatic heterocycles. The molecular formula is C22H29N3O. The number of nitrogens with one attached hydrogen (secondary N) is 1. The van der Waals surface area contributed by atoms with E-state index in [2.05, 4.69) is 46.4 Å². The van der Waals surface area contributed by atoms with E-state index in [1.165, 1.54) is 11.1 Å². The first-order valence-corrected chi connectivity index (χ1v) is 9.47. The zero-order chi connectivity index (χ0) is 18.2. The van der Waals surface area contributed by atoms with Gasteiger partial charge in [-0.05, 0) is 31.0 Å². The Morgan fingerprint density at radius 3 is 2.42 bits per heavy atom. The van der Waals surface area contributed by atoms with E-state index in [0.29, 0.717) is 6.10 Å². The fourth-order valence-electron chi connectivity index (χ4n) is 3.28. The minimum atomic E-state index is 0.291. The van der Waals surface area contributed by atoms with Gasteiger partial charge in [-0.2, -0.15) is 0 Å². The Bertz CT molecular complexity index is 689. The van der Waals surface area contributed by atoms with Gasteiger partial charge in [-0.3, -0.25) is 4.99 Å². The molecule has 0 bridgehead atoms. The predicted octanol–water partition coefficient (Wildman–Crippen LogP) is 3.66. The van der Waals surface area contributed by atoms with Crippen molar-refractivity contribution in [3.8, 4) is 5.75 Å². The summed E-state index contributed by atoms with van der Waals surface area (Å²) in [6, 6.07) is 18.8. The molecule has 0 radical (unpaired) electrons. The third-order valence-electron chi connectivity index (χ3n) is 4.82. The number of likely N-dealkylation sites (tertiary alicyclic amines) is 1. The molecule has 0 spiro atoms. The van der Waals surface area contributed by atoms with E-state index >= 15 is 0 Å². The van der Waals surface area contributed by atoms with Crippen molar-refractivity contribution in [1.82, 2.24) is 10.2 Å². The van der Waals surface area contributed by atoms with Crippen LogP contribution in [0.2, 0.25) is 0 Å². The first kappa shape index (κ1) is 18.3. The van der Waals surface area contributed by atoms with Crippen molar-refractivity contribution in [3.05, 3.63) is 65.7 Å². The maximum atomic E-state index is 6.08. The summed E-state index contributed by atoms with van der Waals surface area (Å²) in [6.07, 6.45) is 3.34. The summed E-state index contributed by atoms with van der Waals surface area (Å²) in [5.41, 5.74) is 2.66. The maximum Gasteiger partial charge on any atom is 0.193 e. The standard InChI is InChI=1S/C22H29N3O/c1-18-8-10-19(11-9-18)12-15-24-22(23-2)25-16-13-21(14-17-25)26-20-6-4-3-5-7-20/h3-11,21H,12-17H2,1-2H3,(H,23,24). The van der Waals surface area contributed by atoms with E-state index in [9.17, 15) is 0 Å². The zero-order valence-corrected chi connectivity index (χ0v) is 15.8. The van der Waals surface area contributed by atoms with Crippen LogP contribution in [0.3, 0.4) is 0 Å². The summed E-state index contributed by atoms with van der Waals surface area (Å²) >= 11 is 0. The van der Waals surface area contributed by atoms with Crippen LogP contribution in [0.4, 0.5) is 0 Å². The van der Waals surface area contributed by atoms with Crippen molar-refractivity contribution in [2.75, 3.05) is 26.7 Å². The number of hydrogen-bond acceptors (Lipinski definition) is 2. The smallest absolute Gasteiger partial charge is 0.193 e. The van der Waals surface area contributed by atoms with Gasteiger partial charge in [0.15, 0.2) is 5.96 Å². The third-order valence-corrected chi connectivity index (χ3v) is 4.82. The van der Waals surface area contributed by atoms with Gasteiger partial charge in [-0.1, -0.05) is 48.0 Å². The summed E-state index contributed by atoms with van der Waals surface area (Å²) in [7, 11) is 1.86. The molecule has 1 N–H and O–H groups in total. The van der Waals surface area contributed by atoms with E-state index in [4.69, 9.17) is 4.74 Å². The largest absolute Gasteiger partial charge is 0.490 e. The van der Waals surface area contributed by atoms with E-state index in [1.54, 1.807) is 0 Å². The van der Waals surface area contributed by atoms with Crippen LogP contribution in [0.25, 0.3) is 0 Å². The molecule has 0 atom stereocenters. The van der Waals surface area contributed by atoms with Gasteiger partial charge in [0, 0.05) is 39.5 Å². The number of piperidine rings is 1. The highest BCUT2D eigenvalue weighted by Crippen LogP contribution is 2.18. The molecule has 26 heavy (non-hydrogen) atoms. The highest BCUT2D eigenvalue weighted by Gasteiger charge is 2.22. The van der Waals surface area contributed by atoms with Gasteiger partial charge in [-0.15, -0.1) is 0 Å². The minimum absolute atomic E-state index is 0.291. The molecule has 138 valence electrons. The van der Waals surface area contributed by atoms with Crippen LogP contribution in [-0.2, 0) is 6.42 Å². The molecule has 0 unspecified atom stereocenters. The molecule has 1 saturated heterocycles. The first-order valence-electron chi connectivity index (χ1n) is 9.47. The van der Waals surface area contributed by atoms with Crippen LogP contribution in [0.15, 0.2) is 59.6 Å². The number of ether oxygens (including phenoxy) is 1. The molecule has 0 aliphatic carbocycles. The third kappa shape index (κ3) is 5.25. The van der Waals surface area contributed by atoms with Crippen LogP contribution in [0.1, 0.15) is 24.0 Å². The van der Waals surface area contributed by atoms with Crippen molar-refractivity contribution < 1.29 is 4.74 Å². The SMILES string of the molecule is CN=C(NCCc1ccc(C)cc1)N1CCC(Oc2ccccc2)CC1. The highest BCUT2D eigenvalue weighted by molar-refractivity contribution is 5.80. The lowest BCUT2D eigenvalue weighted by Gasteiger charge is -2.34. The molecule has 2 aromatic carbocycles. The lowest BCUT2D eigenvalue weighted by Crippen LogP contribution is -2.47. The van der Waals surface area contributed by atoms with Gasteiger partial charge < -0.3 is 15.0 Å². The summed E-state index contributed by atoms with van der Waals surface area (Å²) in [6.45, 7) is 4.97. The fourth-order valence-corrected chi connectivity index (χ4v) is 3.28. The molecule has 3 rings (SSSR count). The van der Waals surface area contributed by atoms with Gasteiger partial charge >= 0.3 is 0 Å². The molecule has 2 aromatic rings. The molecular weight excluding hydrogens is 322 g/mol. The molecule has 1 heterocycles. The van der Waals surface area contributed by atoms with Crippen molar-refractivity contribution in [3.63, 3.8) is 0 Å². The minimum Gasteiger partial charge on any atom is -0.490 e. The van der Waals surface area contributed by atoms with Crippen molar-refractivity contribution in [2.24, 2.45) is 4.99 Å². The number of guanidine groups is 1. The zero-order valence-electron chi connectivity index (χ0n) is 15.8. The molecule has 0 saturated carbocycles. The quantitative estimate of drug-likeness (QED) is 0.660. The predicted molar refractivity (Wildman–Crippen MR) is 108 cm³/mol. The topological polar surface area (TPSA) is 36.9 Å². The van der Waals surface area contributed by atoms with Crippen molar-refractivity contribution in [2.45, 2.75) is 32.3 Å². The van der Waals surface area contributed by atoms with Crippen molar-refractivity contribution in [1.29, 1.82) is 0 Å². The maximum absolute atomic E-state index is 6.08. The monoisotopic (exact) mass is 351 g/mol. The average Bonchev–Trinajstić information content (AvgIpc) is 2.68. The van der Waals surface area contributed by atoms with Crippen LogP contribution in [-0.4, -0.2) is 43.6 Å². The number of nitrogens with zero attached hydrogens (tertiary/aromatic N) is 2. The summed E-state index contributed by atoms with van der Waals surface area (Å²) in [5.74, 6) is 1.96. The number of hydrogen-bond donors (Lipinski definition) is 1. The van der Waals surface area contributed by atoms with Gasteiger partial charge in [0.2, 0.25) is 0 Å². The number of aliphatic imine (C=N–C) groups is 1. The number of benzene rings is 2. The molecule has 1 aliphatic rings. The molecule has 0 aromatic heterocycles. The molecule has 0 amide bonds. The first-order chi connectivity index (χ1) is 12.7. The van der Waals surface area contributed by atoms with Gasteiger partial charge in [0.25, 0.3) is 0 Å². The Morgan fingerprint density at radius 1 is 1.08 bits per heavy atom. The number of aryl methyl sites for hydroxylation is 1. The Kier molecular flexibility index (Phi) is 6.53. The van der Waals surface area contributed by atoms with Gasteiger partial charge in [-0.25, -0.2) is 0 Å². The van der Waals surface area contributed by atoms with E-state index in [1.807, 2.05) is 37.4 Å². The van der Waals surface area contributed by atoms with E-state index in [0.717, 1.165) is 50.6 Å². The fraction of sp³-hybridized carbons (Fsp3) is 0.409. The average molecular weight is 351 g/mol. The Hall–Kier alpha value is -2.49. The summed E-state index contributed by atoms with van der Waals surface area (Å²) in [4.78, 5) is 6.79. The lowest BCUT2D eigenvalue weighted by molar-refractivity contribution is 0.129. The van der Waals surface area contributed by atoms with Gasteiger partial charge in [0.1, 0.15) is 11.9 Å². The van der Waals surface area contributed by atoms with Crippen LogP contribution in [0, 0.1) is 6.92 Å². The van der Waals surface area contributed by atoms with Crippen LogP contribution >= 0.6 is 0 Å². The van der Waals surface area contributed by atoms with Crippen molar-refractivity contribution >= 4 is 5.96 Å². The van der Waals surface area contributed by atoms with E-state index in [-0.39, 0.29) is 0 Å². The van der Waals surface area contributed by atoms with Crippen LogP contribution in [0.5, 0.6) is 5.75 Å². The second kappa shape index (κ2) is 9.27. The number of rotatable bonds is 5. The van der Waals surface area contributed by atoms with E-state index < -0.39 is 0 Å². The second-order valence-corrected chi connectivity index (χ2v) is 6.83. The molecule has 1 fully saturated rings. The summed E-state index contributed by atoms with van der Waals surface area (Å²) in [5, 5.41) is 3.50. The second-order valence-electron chi connectivity index (χ2n) is 6.83. The van der Waals surface area contributed by atoms with Crippen LogP contribution < -0.4 is 10.1 Å². The Balaban J connectivity index is 1.42. The Labute approximate surface area is 156 Å². The Morgan fingerprint density at radius 2 is 1.77 bits per heavy atom. The molecule has 4 nitrogen and oxygen atoms in total. The highest BCUT2D eigenvalue weighted by atomic mass is 16.5.